The molecule has 7 heteroatoms. The van der Waals surface area contributed by atoms with E-state index in [9.17, 15) is 8.42 Å². The molecular weight excluding hydrogens is 298 g/mol. The van der Waals surface area contributed by atoms with Gasteiger partial charge in [-0.15, -0.1) is 12.4 Å². The molecule has 1 aromatic carbocycles. The summed E-state index contributed by atoms with van der Waals surface area (Å²) in [4.78, 5) is 0.148. The van der Waals surface area contributed by atoms with Gasteiger partial charge in [-0.05, 0) is 43.9 Å². The highest BCUT2D eigenvalue weighted by Crippen LogP contribution is 2.28. The number of nitrogens with two attached hydrogens (primary N) is 1. The Morgan fingerprint density at radius 3 is 2.60 bits per heavy atom. The van der Waals surface area contributed by atoms with Gasteiger partial charge in [-0.3, -0.25) is 0 Å². The maximum Gasteiger partial charge on any atom is 0.240 e. The van der Waals surface area contributed by atoms with Crippen LogP contribution in [0.4, 0.5) is 0 Å². The highest BCUT2D eigenvalue weighted by molar-refractivity contribution is 7.89. The van der Waals surface area contributed by atoms with Crippen molar-refractivity contribution in [3.8, 4) is 6.07 Å². The van der Waals surface area contributed by atoms with Gasteiger partial charge in [0.05, 0.1) is 16.5 Å². The van der Waals surface area contributed by atoms with Crippen LogP contribution in [0.3, 0.4) is 0 Å². The summed E-state index contributed by atoms with van der Waals surface area (Å²) < 4.78 is 27.0. The van der Waals surface area contributed by atoms with Gasteiger partial charge in [0, 0.05) is 12.1 Å². The maximum atomic E-state index is 12.2. The predicted molar refractivity (Wildman–Crippen MR) is 79.1 cm³/mol. The number of nitrogens with one attached hydrogen (secondary N) is 1. The van der Waals surface area contributed by atoms with Gasteiger partial charge in [-0.2, -0.15) is 5.26 Å². The van der Waals surface area contributed by atoms with Gasteiger partial charge in [-0.1, -0.05) is 6.07 Å². The predicted octanol–water partition coefficient (Wildman–Crippen LogP) is 1.45. The van der Waals surface area contributed by atoms with Gasteiger partial charge < -0.3 is 5.73 Å². The molecule has 0 spiro atoms. The third-order valence-corrected chi connectivity index (χ3v) is 5.11. The van der Waals surface area contributed by atoms with Gasteiger partial charge in [-0.25, -0.2) is 13.1 Å². The normalized spacial score (nSPS) is 16.6. The zero-order valence-corrected chi connectivity index (χ0v) is 12.9. The summed E-state index contributed by atoms with van der Waals surface area (Å²) in [6.07, 6.45) is 2.72. The Labute approximate surface area is 125 Å². The van der Waals surface area contributed by atoms with Gasteiger partial charge in [0.2, 0.25) is 10.0 Å². The largest absolute Gasteiger partial charge is 0.324 e. The van der Waals surface area contributed by atoms with Crippen LogP contribution in [-0.2, 0) is 10.0 Å². The molecule has 0 amide bonds. The molecule has 20 heavy (non-hydrogen) atoms. The summed E-state index contributed by atoms with van der Waals surface area (Å²) in [7, 11) is -3.61. The zero-order valence-electron chi connectivity index (χ0n) is 11.2. The summed E-state index contributed by atoms with van der Waals surface area (Å²) in [6, 6.07) is 6.57. The maximum absolute atomic E-state index is 12.2. The first-order chi connectivity index (χ1) is 8.86. The van der Waals surface area contributed by atoms with E-state index >= 15 is 0 Å². The quantitative estimate of drug-likeness (QED) is 0.879. The molecule has 0 saturated heterocycles. The molecule has 0 aromatic heterocycles. The minimum absolute atomic E-state index is 0. The fourth-order valence-electron chi connectivity index (χ4n) is 2.08. The number of halogens is 1. The van der Waals surface area contributed by atoms with Crippen LogP contribution in [0.1, 0.15) is 30.4 Å². The van der Waals surface area contributed by atoms with Gasteiger partial charge >= 0.3 is 0 Å². The molecule has 1 fully saturated rings. The first-order valence-corrected chi connectivity index (χ1v) is 7.64. The number of hydrogen-bond acceptors (Lipinski definition) is 4. The Bertz CT molecular complexity index is 634. The average molecular weight is 316 g/mol. The standard InChI is InChI=1S/C13H17N3O2S.ClH/c1-10-3-4-11(8-14)7-12(10)19(17,18)16-9-13(15)5-2-6-13;/h3-4,7,16H,2,5-6,9,15H2,1H3;1H. The molecule has 0 unspecified atom stereocenters. The topological polar surface area (TPSA) is 96.0 Å². The highest BCUT2D eigenvalue weighted by atomic mass is 35.5. The van der Waals surface area contributed by atoms with Crippen molar-refractivity contribution in [1.29, 1.82) is 5.26 Å². The summed E-state index contributed by atoms with van der Waals surface area (Å²) >= 11 is 0. The van der Waals surface area contributed by atoms with Crippen molar-refractivity contribution < 1.29 is 8.42 Å². The molecule has 0 bridgehead atoms. The van der Waals surface area contributed by atoms with Crippen LogP contribution in [0.5, 0.6) is 0 Å². The minimum Gasteiger partial charge on any atom is -0.324 e. The van der Waals surface area contributed by atoms with E-state index in [1.807, 2.05) is 6.07 Å². The second-order valence-corrected chi connectivity index (χ2v) is 6.87. The molecule has 1 saturated carbocycles. The van der Waals surface area contributed by atoms with Gasteiger partial charge in [0.1, 0.15) is 0 Å². The van der Waals surface area contributed by atoms with Crippen LogP contribution in [0.2, 0.25) is 0 Å². The van der Waals surface area contributed by atoms with Gasteiger partial charge in [0.15, 0.2) is 0 Å². The van der Waals surface area contributed by atoms with Crippen LogP contribution in [0.25, 0.3) is 0 Å². The number of rotatable bonds is 4. The van der Waals surface area contributed by atoms with E-state index in [-0.39, 0.29) is 23.8 Å². The van der Waals surface area contributed by atoms with Crippen LogP contribution < -0.4 is 10.5 Å². The summed E-state index contributed by atoms with van der Waals surface area (Å²) in [5.41, 5.74) is 6.54. The number of nitrogens with zero attached hydrogens (tertiary/aromatic N) is 1. The summed E-state index contributed by atoms with van der Waals surface area (Å²) in [6.45, 7) is 1.95. The smallest absolute Gasteiger partial charge is 0.240 e. The number of aryl methyl sites for hydroxylation is 1. The number of sulfonamides is 1. The van der Waals surface area contributed by atoms with E-state index < -0.39 is 15.6 Å². The minimum atomic E-state index is -3.61. The Morgan fingerprint density at radius 1 is 1.45 bits per heavy atom. The third kappa shape index (κ3) is 3.49. The van der Waals surface area contributed by atoms with Crippen LogP contribution >= 0.6 is 12.4 Å². The summed E-state index contributed by atoms with van der Waals surface area (Å²) in [5, 5.41) is 8.84. The number of hydrogen-bond donors (Lipinski definition) is 2. The van der Waals surface area contributed by atoms with Gasteiger partial charge in [0.25, 0.3) is 0 Å². The van der Waals surface area contributed by atoms with E-state index in [4.69, 9.17) is 11.0 Å². The molecule has 3 N–H and O–H groups in total. The molecule has 1 aliphatic rings. The molecule has 0 atom stereocenters. The van der Waals surface area contributed by atoms with Crippen LogP contribution in [-0.4, -0.2) is 20.5 Å². The molecule has 0 radical (unpaired) electrons. The van der Waals surface area contributed by atoms with Crippen molar-refractivity contribution in [3.05, 3.63) is 29.3 Å². The van der Waals surface area contributed by atoms with Crippen molar-refractivity contribution in [2.75, 3.05) is 6.54 Å². The van der Waals surface area contributed by atoms with E-state index in [0.717, 1.165) is 19.3 Å². The summed E-state index contributed by atoms with van der Waals surface area (Å²) in [5.74, 6) is 0. The second-order valence-electron chi connectivity index (χ2n) is 5.13. The average Bonchev–Trinajstić information content (AvgIpc) is 2.34. The monoisotopic (exact) mass is 315 g/mol. The fourth-order valence-corrected chi connectivity index (χ4v) is 3.49. The lowest BCUT2D eigenvalue weighted by Crippen LogP contribution is -2.54. The second kappa shape index (κ2) is 6.10. The SMILES string of the molecule is Cc1ccc(C#N)cc1S(=O)(=O)NCC1(N)CCC1.Cl. The molecule has 5 nitrogen and oxygen atoms in total. The van der Waals surface area contributed by atoms with E-state index in [1.165, 1.54) is 6.07 Å². The zero-order chi connectivity index (χ0) is 14.1. The Kier molecular flexibility index (Phi) is 5.16. The molecule has 1 aromatic rings. The molecule has 2 rings (SSSR count). The molecule has 1 aliphatic carbocycles. The molecule has 0 heterocycles. The first kappa shape index (κ1) is 16.9. The first-order valence-electron chi connectivity index (χ1n) is 6.16. The van der Waals surface area contributed by atoms with E-state index in [0.29, 0.717) is 11.1 Å². The third-order valence-electron chi connectivity index (χ3n) is 3.57. The van der Waals surface area contributed by atoms with Crippen LogP contribution in [0, 0.1) is 18.3 Å². The van der Waals surface area contributed by atoms with Crippen LogP contribution in [0.15, 0.2) is 23.1 Å². The van der Waals surface area contributed by atoms with Crippen molar-refractivity contribution >= 4 is 22.4 Å². The number of nitriles is 1. The van der Waals surface area contributed by atoms with Crippen molar-refractivity contribution in [1.82, 2.24) is 4.72 Å². The lowest BCUT2D eigenvalue weighted by Gasteiger charge is -2.38. The van der Waals surface area contributed by atoms with Crippen molar-refractivity contribution in [2.24, 2.45) is 5.73 Å². The van der Waals surface area contributed by atoms with Crippen molar-refractivity contribution in [2.45, 2.75) is 36.6 Å². The Balaban J connectivity index is 0.00000200. The Hall–Kier alpha value is -1.13. The van der Waals surface area contributed by atoms with Crippen molar-refractivity contribution in [3.63, 3.8) is 0 Å². The lowest BCUT2D eigenvalue weighted by molar-refractivity contribution is 0.251. The number of benzene rings is 1. The van der Waals surface area contributed by atoms with E-state index in [2.05, 4.69) is 4.72 Å². The molecule has 0 aliphatic heterocycles. The van der Waals surface area contributed by atoms with E-state index in [1.54, 1.807) is 19.1 Å². The molecule has 110 valence electrons. The Morgan fingerprint density at radius 2 is 2.10 bits per heavy atom. The fraction of sp³-hybridized carbons (Fsp3) is 0.462. The lowest BCUT2D eigenvalue weighted by atomic mass is 9.78. The highest BCUT2D eigenvalue weighted by Gasteiger charge is 2.34. The molecular formula is C13H18ClN3O2S.